The maximum Gasteiger partial charge on any atom is 0.345 e. The third-order valence-corrected chi connectivity index (χ3v) is 5.76. The molecule has 1 fully saturated rings. The predicted molar refractivity (Wildman–Crippen MR) is 78.2 cm³/mol. The molecular weight excluding hydrogens is 274 g/mol. The molecule has 0 spiro atoms. The molecule has 2 aliphatic rings. The monoisotopic (exact) mass is 291 g/mol. The van der Waals surface area contributed by atoms with Gasteiger partial charge in [0, 0.05) is 28.8 Å². The first-order valence-electron chi connectivity index (χ1n) is 6.54. The van der Waals surface area contributed by atoms with Gasteiger partial charge < -0.3 is 4.55 Å². The lowest BCUT2D eigenvalue weighted by molar-refractivity contribution is 0.353. The van der Waals surface area contributed by atoms with Crippen LogP contribution in [0, 0.1) is 0 Å². The second kappa shape index (κ2) is 4.86. The first-order chi connectivity index (χ1) is 9.25. The van der Waals surface area contributed by atoms with Gasteiger partial charge in [0.15, 0.2) is 5.65 Å². The molecule has 2 aromatic rings. The highest BCUT2D eigenvalue weighted by Gasteiger charge is 2.41. The maximum atomic E-state index is 12.6. The zero-order chi connectivity index (χ0) is 13.0. The highest BCUT2D eigenvalue weighted by Crippen LogP contribution is 2.37. The van der Waals surface area contributed by atoms with E-state index in [-0.39, 0.29) is 24.3 Å². The Morgan fingerprint density at radius 3 is 2.95 bits per heavy atom. The molecule has 5 nitrogen and oxygen atoms in total. The lowest BCUT2D eigenvalue weighted by atomic mass is 9.94. The summed E-state index contributed by atoms with van der Waals surface area (Å²) in [4.78, 5) is 20.8. The number of nitrogens with zero attached hydrogens (tertiary/aromatic N) is 3. The molecule has 3 unspecified atom stereocenters. The summed E-state index contributed by atoms with van der Waals surface area (Å²) in [6, 6.07) is 3.30. The van der Waals surface area contributed by atoms with Gasteiger partial charge >= 0.3 is 5.16 Å². The Labute approximate surface area is 120 Å². The van der Waals surface area contributed by atoms with Crippen molar-refractivity contribution in [2.24, 2.45) is 0 Å². The molecule has 0 radical (unpaired) electrons. The van der Waals surface area contributed by atoms with E-state index in [1.165, 1.54) is 0 Å². The fourth-order valence-corrected chi connectivity index (χ4v) is 4.73. The van der Waals surface area contributed by atoms with Crippen molar-refractivity contribution in [1.29, 1.82) is 0 Å². The minimum Gasteiger partial charge on any atom is -0.609 e. The zero-order valence-electron chi connectivity index (χ0n) is 10.3. The third kappa shape index (κ3) is 1.78. The lowest BCUT2D eigenvalue weighted by Gasteiger charge is -2.30. The minimum atomic E-state index is -1.21. The Bertz CT molecular complexity index is 715. The molecule has 1 saturated carbocycles. The van der Waals surface area contributed by atoms with Crippen molar-refractivity contribution < 1.29 is 4.55 Å². The second-order valence-electron chi connectivity index (χ2n) is 5.16. The fraction of sp³-hybridized carbons (Fsp3) is 0.500. The summed E-state index contributed by atoms with van der Waals surface area (Å²) in [5.41, 5.74) is 0.591. The molecule has 20 heavy (non-hydrogen) atoms. The molecule has 0 amide bonds. The number of fused-ring (bicyclic) bond motifs is 3. The van der Waals surface area contributed by atoms with Crippen LogP contribution >= 0.6 is 0 Å². The quantitative estimate of drug-likeness (QED) is 0.550. The van der Waals surface area contributed by atoms with E-state index in [4.69, 9.17) is 0 Å². The molecule has 0 aromatic carbocycles. The topological polar surface area (TPSA) is 70.8 Å². The van der Waals surface area contributed by atoms with E-state index in [9.17, 15) is 9.35 Å². The number of rotatable bonds is 0. The van der Waals surface area contributed by atoms with Gasteiger partial charge in [-0.25, -0.2) is 0 Å². The molecule has 4 rings (SSSR count). The Kier molecular flexibility index (Phi) is 3.30. The van der Waals surface area contributed by atoms with Crippen molar-refractivity contribution in [1.82, 2.24) is 14.5 Å². The van der Waals surface area contributed by atoms with Crippen molar-refractivity contribution in [3.8, 4) is 0 Å². The molecule has 0 saturated heterocycles. The first kappa shape index (κ1) is 13.6. The molecule has 0 N–H and O–H groups in total. The smallest absolute Gasteiger partial charge is 0.345 e. The molecule has 3 heterocycles. The Morgan fingerprint density at radius 1 is 1.30 bits per heavy atom. The van der Waals surface area contributed by atoms with Gasteiger partial charge in [-0.05, 0) is 25.3 Å². The Balaban J connectivity index is 0.00000121. The Hall–Kier alpha value is -1.40. The summed E-state index contributed by atoms with van der Waals surface area (Å²) in [7, 11) is 0. The van der Waals surface area contributed by atoms with Crippen LogP contribution in [0.25, 0.3) is 11.0 Å². The number of aromatic nitrogens is 3. The predicted octanol–water partition coefficient (Wildman–Crippen LogP) is 2.03. The van der Waals surface area contributed by atoms with Crippen molar-refractivity contribution in [3.05, 3.63) is 28.7 Å². The van der Waals surface area contributed by atoms with Gasteiger partial charge in [-0.3, -0.25) is 9.36 Å². The summed E-state index contributed by atoms with van der Waals surface area (Å²) in [6.45, 7) is 0. The van der Waals surface area contributed by atoms with Gasteiger partial charge in [0.2, 0.25) is 0 Å². The highest BCUT2D eigenvalue weighted by atomic mass is 32.2. The minimum absolute atomic E-state index is 0. The lowest BCUT2D eigenvalue weighted by Crippen LogP contribution is -2.37. The van der Waals surface area contributed by atoms with Gasteiger partial charge in [-0.2, -0.15) is 9.97 Å². The molecule has 1 aliphatic heterocycles. The van der Waals surface area contributed by atoms with E-state index < -0.39 is 11.2 Å². The van der Waals surface area contributed by atoms with Gasteiger partial charge in [0.05, 0.1) is 6.04 Å². The van der Waals surface area contributed by atoms with E-state index in [1.807, 2.05) is 0 Å². The molecule has 106 valence electrons. The number of hydrogen-bond donors (Lipinski definition) is 0. The molecule has 2 bridgehead atoms. The van der Waals surface area contributed by atoms with Crippen LogP contribution in [0.1, 0.15) is 39.2 Å². The van der Waals surface area contributed by atoms with Crippen LogP contribution in [0.3, 0.4) is 0 Å². The Morgan fingerprint density at radius 2 is 2.10 bits per heavy atom. The SMILES string of the molecule is C.O=c1ccc2cnc3nc2n1C1CCCCC1[S+]3[O-]. The average Bonchev–Trinajstić information content (AvgIpc) is 2.55. The van der Waals surface area contributed by atoms with Crippen molar-refractivity contribution in [2.45, 2.75) is 49.6 Å². The van der Waals surface area contributed by atoms with E-state index in [1.54, 1.807) is 22.9 Å². The molecule has 6 heteroatoms. The van der Waals surface area contributed by atoms with Crippen LogP contribution in [-0.4, -0.2) is 24.3 Å². The molecule has 1 aliphatic carbocycles. The summed E-state index contributed by atoms with van der Waals surface area (Å²) < 4.78 is 14.3. The second-order valence-corrected chi connectivity index (χ2v) is 6.73. The summed E-state index contributed by atoms with van der Waals surface area (Å²) in [5, 5.41) is 1.18. The maximum absolute atomic E-state index is 12.6. The van der Waals surface area contributed by atoms with Crippen LogP contribution in [0.15, 0.2) is 28.3 Å². The van der Waals surface area contributed by atoms with Crippen molar-refractivity contribution >= 4 is 22.2 Å². The largest absolute Gasteiger partial charge is 0.609 e. The van der Waals surface area contributed by atoms with Crippen LogP contribution in [0.5, 0.6) is 0 Å². The number of pyridine rings is 1. The number of hydrogen-bond acceptors (Lipinski definition) is 4. The summed E-state index contributed by atoms with van der Waals surface area (Å²) in [5.74, 6) is 0. The standard InChI is InChI=1S/C13H13N3O2S.CH4/c17-11-6-5-8-7-14-13-15-12(8)16(11)9-3-1-2-4-10(9)19(13)18;/h5-7,9-10H,1-4H2;1H4. The van der Waals surface area contributed by atoms with Gasteiger partial charge in [-0.15, -0.1) is 0 Å². The third-order valence-electron chi connectivity index (χ3n) is 4.10. The van der Waals surface area contributed by atoms with E-state index in [0.29, 0.717) is 10.8 Å². The normalized spacial score (nSPS) is 27.8. The van der Waals surface area contributed by atoms with Gasteiger partial charge in [0.25, 0.3) is 5.56 Å². The van der Waals surface area contributed by atoms with E-state index in [2.05, 4.69) is 9.97 Å². The summed E-state index contributed by atoms with van der Waals surface area (Å²) >= 11 is -1.21. The average molecular weight is 291 g/mol. The van der Waals surface area contributed by atoms with Crippen LogP contribution < -0.4 is 5.56 Å². The van der Waals surface area contributed by atoms with Gasteiger partial charge in [0.1, 0.15) is 5.25 Å². The van der Waals surface area contributed by atoms with Crippen LogP contribution in [0.4, 0.5) is 0 Å². The van der Waals surface area contributed by atoms with Crippen LogP contribution in [0.2, 0.25) is 0 Å². The fourth-order valence-electron chi connectivity index (χ4n) is 3.20. The highest BCUT2D eigenvalue weighted by molar-refractivity contribution is 7.91. The van der Waals surface area contributed by atoms with E-state index >= 15 is 0 Å². The van der Waals surface area contributed by atoms with Crippen LogP contribution in [-0.2, 0) is 11.2 Å². The summed E-state index contributed by atoms with van der Waals surface area (Å²) in [6.07, 6.45) is 5.58. The molecular formula is C14H17N3O2S. The zero-order valence-corrected chi connectivity index (χ0v) is 11.1. The van der Waals surface area contributed by atoms with Crippen molar-refractivity contribution in [3.63, 3.8) is 0 Å². The molecule has 2 aromatic heterocycles. The molecule has 3 atom stereocenters. The van der Waals surface area contributed by atoms with Gasteiger partial charge in [-0.1, -0.05) is 13.8 Å². The van der Waals surface area contributed by atoms with E-state index in [0.717, 1.165) is 31.1 Å². The first-order valence-corrected chi connectivity index (χ1v) is 7.76. The van der Waals surface area contributed by atoms with Crippen molar-refractivity contribution in [2.75, 3.05) is 0 Å².